The number of hydrogen-bond donors (Lipinski definition) is 0. The first-order chi connectivity index (χ1) is 13.0. The fraction of sp³-hybridized carbons (Fsp3) is 0.105. The third-order valence-electron chi connectivity index (χ3n) is 4.14. The molecule has 0 N–H and O–H groups in total. The smallest absolute Gasteiger partial charge is 0.332 e. The summed E-state index contributed by atoms with van der Waals surface area (Å²) in [6, 6.07) is 16.6. The highest BCUT2D eigenvalue weighted by Gasteiger charge is 2.14. The number of aryl methyl sites for hydroxylation is 1. The van der Waals surface area contributed by atoms with E-state index in [0.717, 1.165) is 4.57 Å². The van der Waals surface area contributed by atoms with Crippen LogP contribution in [0, 0.1) is 0 Å². The number of hydrogen-bond acceptors (Lipinski definition) is 6. The highest BCUT2D eigenvalue weighted by atomic mass is 16.5. The van der Waals surface area contributed by atoms with Gasteiger partial charge in [-0.3, -0.25) is 13.9 Å². The fourth-order valence-corrected chi connectivity index (χ4v) is 2.70. The van der Waals surface area contributed by atoms with Gasteiger partial charge in [-0.25, -0.2) is 9.78 Å². The highest BCUT2D eigenvalue weighted by Crippen LogP contribution is 2.25. The van der Waals surface area contributed by atoms with Crippen molar-refractivity contribution >= 4 is 11.2 Å². The van der Waals surface area contributed by atoms with Gasteiger partial charge in [0.2, 0.25) is 0 Å². The molecular formula is C19H15N5O3. The Kier molecular flexibility index (Phi) is 4.00. The molecule has 0 saturated heterocycles. The number of benzene rings is 2. The van der Waals surface area contributed by atoms with Crippen LogP contribution in [0.3, 0.4) is 0 Å². The Labute approximate surface area is 153 Å². The van der Waals surface area contributed by atoms with Crippen molar-refractivity contribution in [3.63, 3.8) is 0 Å². The summed E-state index contributed by atoms with van der Waals surface area (Å²) in [5.41, 5.74) is -0.119. The minimum Gasteiger partial charge on any atom is -0.457 e. The second-order valence-electron chi connectivity index (χ2n) is 5.96. The van der Waals surface area contributed by atoms with Gasteiger partial charge in [0.05, 0.1) is 0 Å². The molecule has 2 aromatic carbocycles. The van der Waals surface area contributed by atoms with Crippen molar-refractivity contribution in [1.29, 1.82) is 0 Å². The Morgan fingerprint density at radius 1 is 0.852 bits per heavy atom. The summed E-state index contributed by atoms with van der Waals surface area (Å²) in [6.07, 6.45) is 0. The van der Waals surface area contributed by atoms with Crippen molar-refractivity contribution < 1.29 is 4.74 Å². The highest BCUT2D eigenvalue weighted by molar-refractivity contribution is 5.71. The molecule has 0 radical (unpaired) electrons. The topological polar surface area (TPSA) is 91.9 Å². The van der Waals surface area contributed by atoms with Crippen LogP contribution in [-0.2, 0) is 14.1 Å². The second-order valence-corrected chi connectivity index (χ2v) is 5.96. The summed E-state index contributed by atoms with van der Waals surface area (Å²) < 4.78 is 8.06. The van der Waals surface area contributed by atoms with E-state index in [9.17, 15) is 9.59 Å². The maximum absolute atomic E-state index is 12.4. The molecule has 0 bridgehead atoms. The molecule has 8 heteroatoms. The molecule has 134 valence electrons. The van der Waals surface area contributed by atoms with E-state index in [4.69, 9.17) is 4.74 Å². The van der Waals surface area contributed by atoms with E-state index in [1.807, 2.05) is 36.4 Å². The summed E-state index contributed by atoms with van der Waals surface area (Å²) in [7, 11) is 2.93. The standard InChI is InChI=1S/C19H15N5O3/c1-23-17-15(18(25)24(2)19(23)26)20-16(21-22-17)12-7-6-10-14(11-12)27-13-8-4-3-5-9-13/h3-11H,1-2H3. The predicted octanol–water partition coefficient (Wildman–Crippen LogP) is 1.88. The molecule has 0 aliphatic heterocycles. The minimum atomic E-state index is -0.513. The number of nitrogens with zero attached hydrogens (tertiary/aromatic N) is 5. The Balaban J connectivity index is 1.80. The van der Waals surface area contributed by atoms with Gasteiger partial charge >= 0.3 is 5.69 Å². The van der Waals surface area contributed by atoms with Gasteiger partial charge in [0, 0.05) is 19.7 Å². The number of fused-ring (bicyclic) bond motifs is 1. The largest absolute Gasteiger partial charge is 0.457 e. The lowest BCUT2D eigenvalue weighted by molar-refractivity contribution is 0.483. The Morgan fingerprint density at radius 3 is 2.37 bits per heavy atom. The first-order valence-corrected chi connectivity index (χ1v) is 8.18. The number of ether oxygens (including phenoxy) is 1. The molecule has 4 rings (SSSR count). The fourth-order valence-electron chi connectivity index (χ4n) is 2.70. The SMILES string of the molecule is Cn1c(=O)c2nc(-c3cccc(Oc4ccccc4)c3)nnc2n(C)c1=O. The maximum Gasteiger partial charge on any atom is 0.332 e. The van der Waals surface area contributed by atoms with Crippen LogP contribution in [-0.4, -0.2) is 24.3 Å². The van der Waals surface area contributed by atoms with Crippen molar-refractivity contribution in [2.75, 3.05) is 0 Å². The van der Waals surface area contributed by atoms with Crippen molar-refractivity contribution in [2.24, 2.45) is 14.1 Å². The van der Waals surface area contributed by atoms with E-state index in [-0.39, 0.29) is 17.0 Å². The van der Waals surface area contributed by atoms with Gasteiger partial charge in [0.15, 0.2) is 17.0 Å². The number of aromatic nitrogens is 5. The molecule has 8 nitrogen and oxygen atoms in total. The minimum absolute atomic E-state index is 0.0824. The predicted molar refractivity (Wildman–Crippen MR) is 99.8 cm³/mol. The van der Waals surface area contributed by atoms with E-state index in [0.29, 0.717) is 17.1 Å². The number of rotatable bonds is 3. The zero-order valence-corrected chi connectivity index (χ0v) is 14.7. The maximum atomic E-state index is 12.4. The molecule has 0 unspecified atom stereocenters. The van der Waals surface area contributed by atoms with Crippen molar-refractivity contribution in [3.05, 3.63) is 75.4 Å². The van der Waals surface area contributed by atoms with Crippen LogP contribution in [0.15, 0.2) is 64.2 Å². The zero-order valence-electron chi connectivity index (χ0n) is 14.7. The van der Waals surface area contributed by atoms with Crippen molar-refractivity contribution in [1.82, 2.24) is 24.3 Å². The van der Waals surface area contributed by atoms with E-state index in [1.165, 1.54) is 18.7 Å². The van der Waals surface area contributed by atoms with Crippen LogP contribution in [0.25, 0.3) is 22.6 Å². The lowest BCUT2D eigenvalue weighted by Gasteiger charge is -2.08. The lowest BCUT2D eigenvalue weighted by Crippen LogP contribution is -2.38. The van der Waals surface area contributed by atoms with Gasteiger partial charge in [-0.2, -0.15) is 0 Å². The molecule has 2 aromatic heterocycles. The molecule has 0 aliphatic rings. The molecule has 2 heterocycles. The van der Waals surface area contributed by atoms with Gasteiger partial charge < -0.3 is 4.74 Å². The van der Waals surface area contributed by atoms with Crippen molar-refractivity contribution in [2.45, 2.75) is 0 Å². The molecule has 0 fully saturated rings. The normalized spacial score (nSPS) is 10.9. The lowest BCUT2D eigenvalue weighted by atomic mass is 10.2. The Hall–Kier alpha value is -3.81. The molecular weight excluding hydrogens is 346 g/mol. The van der Waals surface area contributed by atoms with Gasteiger partial charge in [-0.05, 0) is 24.3 Å². The first-order valence-electron chi connectivity index (χ1n) is 8.18. The van der Waals surface area contributed by atoms with E-state index < -0.39 is 11.2 Å². The Bertz CT molecular complexity index is 1260. The molecule has 0 atom stereocenters. The van der Waals surface area contributed by atoms with Crippen LogP contribution in [0.5, 0.6) is 11.5 Å². The van der Waals surface area contributed by atoms with Gasteiger partial charge in [-0.15, -0.1) is 10.2 Å². The molecule has 0 aliphatic carbocycles. The summed E-state index contributed by atoms with van der Waals surface area (Å²) in [5.74, 6) is 1.59. The Morgan fingerprint density at radius 2 is 1.59 bits per heavy atom. The number of para-hydroxylation sites is 1. The van der Waals surface area contributed by atoms with E-state index >= 15 is 0 Å². The summed E-state index contributed by atoms with van der Waals surface area (Å²) in [6.45, 7) is 0. The molecule has 0 amide bonds. The van der Waals surface area contributed by atoms with Crippen LogP contribution < -0.4 is 16.0 Å². The van der Waals surface area contributed by atoms with Gasteiger partial charge in [0.1, 0.15) is 11.5 Å². The molecule has 27 heavy (non-hydrogen) atoms. The van der Waals surface area contributed by atoms with Crippen LogP contribution in [0.2, 0.25) is 0 Å². The monoisotopic (exact) mass is 361 g/mol. The summed E-state index contributed by atoms with van der Waals surface area (Å²) in [5, 5.41) is 8.10. The quantitative estimate of drug-likeness (QED) is 0.553. The van der Waals surface area contributed by atoms with E-state index in [1.54, 1.807) is 18.2 Å². The van der Waals surface area contributed by atoms with Gasteiger partial charge in [-0.1, -0.05) is 30.3 Å². The molecule has 0 spiro atoms. The molecule has 4 aromatic rings. The molecule has 0 saturated carbocycles. The average molecular weight is 361 g/mol. The summed E-state index contributed by atoms with van der Waals surface area (Å²) >= 11 is 0. The van der Waals surface area contributed by atoms with Crippen molar-refractivity contribution in [3.8, 4) is 22.9 Å². The summed E-state index contributed by atoms with van der Waals surface area (Å²) in [4.78, 5) is 28.7. The average Bonchev–Trinajstić information content (AvgIpc) is 2.71. The van der Waals surface area contributed by atoms with Crippen LogP contribution >= 0.6 is 0 Å². The third-order valence-corrected chi connectivity index (χ3v) is 4.14. The zero-order chi connectivity index (χ0) is 19.0. The van der Waals surface area contributed by atoms with Crippen LogP contribution in [0.1, 0.15) is 0 Å². The second kappa shape index (κ2) is 6.49. The first kappa shape index (κ1) is 16.6. The van der Waals surface area contributed by atoms with Gasteiger partial charge in [0.25, 0.3) is 5.56 Å². The third kappa shape index (κ3) is 2.97. The van der Waals surface area contributed by atoms with E-state index in [2.05, 4.69) is 15.2 Å². The van der Waals surface area contributed by atoms with Crippen LogP contribution in [0.4, 0.5) is 0 Å².